The number of H-pyrrole nitrogens is 1. The molecule has 4 rings (SSSR count). The molecule has 0 aliphatic rings. The minimum Gasteiger partial charge on any atom is -0.493 e. The molecular formula is C26H29F2N3O2. The molecule has 2 heterocycles. The topological polar surface area (TPSA) is 81.0 Å². The van der Waals surface area contributed by atoms with Gasteiger partial charge in [0.05, 0.1) is 23.5 Å². The molecule has 0 fully saturated rings. The number of nitrogens with zero attached hydrogens (tertiary/aromatic N) is 1. The number of ether oxygens (including phenoxy) is 1. The summed E-state index contributed by atoms with van der Waals surface area (Å²) < 4.78 is 34.6. The van der Waals surface area contributed by atoms with Gasteiger partial charge in [0.15, 0.2) is 11.6 Å². The molecule has 33 heavy (non-hydrogen) atoms. The molecule has 7 heteroatoms. The highest BCUT2D eigenvalue weighted by Crippen LogP contribution is 2.43. The molecule has 0 bridgehead atoms. The van der Waals surface area contributed by atoms with Crippen LogP contribution in [0.2, 0.25) is 0 Å². The van der Waals surface area contributed by atoms with E-state index in [-0.39, 0.29) is 22.7 Å². The first kappa shape index (κ1) is 24.3. The molecule has 2 aromatic heterocycles. The number of hydrogen-bond donors (Lipinski definition) is 2. The van der Waals surface area contributed by atoms with Crippen molar-refractivity contribution in [2.45, 2.75) is 40.3 Å². The van der Waals surface area contributed by atoms with Crippen LogP contribution in [0.5, 0.6) is 5.75 Å². The van der Waals surface area contributed by atoms with Crippen LogP contribution in [0.1, 0.15) is 43.4 Å². The molecule has 1 unspecified atom stereocenters. The summed E-state index contributed by atoms with van der Waals surface area (Å²) in [6.07, 6.45) is 1.58. The Morgan fingerprint density at radius 1 is 1.15 bits per heavy atom. The fourth-order valence-electron chi connectivity index (χ4n) is 4.04. The second kappa shape index (κ2) is 10.1. The first-order valence-electron chi connectivity index (χ1n) is 11.0. The van der Waals surface area contributed by atoms with Gasteiger partial charge in [-0.15, -0.1) is 0 Å². The Hall–Kier alpha value is -3.32. The number of rotatable bonds is 5. The normalized spacial score (nSPS) is 11.9. The predicted molar refractivity (Wildman–Crippen MR) is 130 cm³/mol. The van der Waals surface area contributed by atoms with Crippen LogP contribution in [0.15, 0.2) is 41.3 Å². The molecule has 1 atom stereocenters. The molecule has 0 spiro atoms. The number of benzene rings is 2. The fourth-order valence-corrected chi connectivity index (χ4v) is 4.04. The van der Waals surface area contributed by atoms with Gasteiger partial charge in [0.2, 0.25) is 0 Å². The molecule has 0 amide bonds. The minimum absolute atomic E-state index is 0.0866. The fraction of sp³-hybridized carbons (Fsp3) is 0.308. The number of alkyl halides is 1. The standard InChI is InChI=1S/C24H23F2N3O2.C2H6/c1-12-8-9-28-22-17(12)24(30)29-21-16(10-25)20(26)23(31-3)18(19(21)22)15-6-4-14(5-7-15)13(2)11-27;1-2/h4-9,13H,10-11,27H2,1-3H3,(H,29,30);1-2H3. The molecular weight excluding hydrogens is 424 g/mol. The van der Waals surface area contributed by atoms with Crippen LogP contribution >= 0.6 is 0 Å². The van der Waals surface area contributed by atoms with Gasteiger partial charge in [-0.2, -0.15) is 0 Å². The van der Waals surface area contributed by atoms with Crippen molar-refractivity contribution in [2.75, 3.05) is 13.7 Å². The maximum absolute atomic E-state index is 15.3. The molecule has 0 aliphatic heterocycles. The summed E-state index contributed by atoms with van der Waals surface area (Å²) in [6, 6.07) is 9.26. The average Bonchev–Trinajstić information content (AvgIpc) is 2.84. The third-order valence-electron chi connectivity index (χ3n) is 5.81. The van der Waals surface area contributed by atoms with E-state index in [1.54, 1.807) is 19.2 Å². The molecule has 174 valence electrons. The van der Waals surface area contributed by atoms with E-state index < -0.39 is 18.1 Å². The van der Waals surface area contributed by atoms with Crippen LogP contribution < -0.4 is 16.0 Å². The van der Waals surface area contributed by atoms with Gasteiger partial charge < -0.3 is 15.5 Å². The zero-order chi connectivity index (χ0) is 24.3. The van der Waals surface area contributed by atoms with Gasteiger partial charge in [-0.25, -0.2) is 8.78 Å². The van der Waals surface area contributed by atoms with E-state index in [9.17, 15) is 9.18 Å². The highest BCUT2D eigenvalue weighted by molar-refractivity contribution is 6.14. The summed E-state index contributed by atoms with van der Waals surface area (Å²) in [5, 5.41) is 0.826. The highest BCUT2D eigenvalue weighted by Gasteiger charge is 2.25. The minimum atomic E-state index is -1.10. The first-order chi connectivity index (χ1) is 15.9. The monoisotopic (exact) mass is 453 g/mol. The molecule has 2 aromatic carbocycles. The van der Waals surface area contributed by atoms with E-state index in [0.717, 1.165) is 11.1 Å². The average molecular weight is 454 g/mol. The van der Waals surface area contributed by atoms with E-state index in [0.29, 0.717) is 34.0 Å². The van der Waals surface area contributed by atoms with Gasteiger partial charge in [0, 0.05) is 22.7 Å². The quantitative estimate of drug-likeness (QED) is 0.377. The summed E-state index contributed by atoms with van der Waals surface area (Å²) >= 11 is 0. The summed E-state index contributed by atoms with van der Waals surface area (Å²) in [6.45, 7) is 7.22. The third-order valence-corrected chi connectivity index (χ3v) is 5.81. The number of halogens is 2. The van der Waals surface area contributed by atoms with Crippen LogP contribution in [0.25, 0.3) is 32.9 Å². The van der Waals surface area contributed by atoms with E-state index >= 15 is 4.39 Å². The van der Waals surface area contributed by atoms with E-state index in [1.165, 1.54) is 7.11 Å². The number of methoxy groups -OCH3 is 1. The second-order valence-corrected chi connectivity index (χ2v) is 7.65. The molecule has 0 saturated heterocycles. The summed E-state index contributed by atoms with van der Waals surface area (Å²) in [7, 11) is 1.34. The maximum Gasteiger partial charge on any atom is 0.258 e. The molecule has 0 saturated carbocycles. The second-order valence-electron chi connectivity index (χ2n) is 7.65. The van der Waals surface area contributed by atoms with E-state index in [2.05, 4.69) is 9.97 Å². The SMILES string of the molecule is CC.COc1c(F)c(CF)c2[nH]c(=O)c3c(C)ccnc3c2c1-c1ccc(C(C)CN)cc1. The lowest BCUT2D eigenvalue weighted by molar-refractivity contribution is 0.380. The van der Waals surface area contributed by atoms with Crippen molar-refractivity contribution in [2.24, 2.45) is 5.73 Å². The Kier molecular flexibility index (Phi) is 7.43. The van der Waals surface area contributed by atoms with Crippen molar-refractivity contribution in [3.63, 3.8) is 0 Å². The summed E-state index contributed by atoms with van der Waals surface area (Å²) in [5.41, 5.74) is 8.38. The smallest absolute Gasteiger partial charge is 0.258 e. The van der Waals surface area contributed by atoms with Crippen LogP contribution in [0, 0.1) is 12.7 Å². The van der Waals surface area contributed by atoms with Gasteiger partial charge in [-0.05, 0) is 42.1 Å². The van der Waals surface area contributed by atoms with Crippen LogP contribution in [0.3, 0.4) is 0 Å². The summed E-state index contributed by atoms with van der Waals surface area (Å²) in [4.78, 5) is 19.9. The Labute approximate surface area is 191 Å². The Morgan fingerprint density at radius 3 is 2.39 bits per heavy atom. The van der Waals surface area contributed by atoms with Crippen molar-refractivity contribution >= 4 is 21.8 Å². The van der Waals surface area contributed by atoms with Gasteiger partial charge in [-0.1, -0.05) is 45.0 Å². The third kappa shape index (κ3) is 4.09. The number of nitrogens with one attached hydrogen (secondary N) is 1. The Balaban J connectivity index is 0.00000149. The number of aromatic amines is 1. The molecule has 5 nitrogen and oxygen atoms in total. The van der Waals surface area contributed by atoms with Crippen molar-refractivity contribution in [3.05, 3.63) is 69.4 Å². The molecule has 0 radical (unpaired) electrons. The number of aryl methyl sites for hydroxylation is 1. The van der Waals surface area contributed by atoms with E-state index in [1.807, 2.05) is 45.0 Å². The number of hydrogen-bond acceptors (Lipinski definition) is 4. The van der Waals surface area contributed by atoms with Crippen molar-refractivity contribution in [3.8, 4) is 16.9 Å². The lowest BCUT2D eigenvalue weighted by Gasteiger charge is -2.18. The van der Waals surface area contributed by atoms with Crippen molar-refractivity contribution < 1.29 is 13.5 Å². The van der Waals surface area contributed by atoms with Crippen molar-refractivity contribution in [1.29, 1.82) is 0 Å². The zero-order valence-corrected chi connectivity index (χ0v) is 19.6. The molecule has 4 aromatic rings. The van der Waals surface area contributed by atoms with Crippen molar-refractivity contribution in [1.82, 2.24) is 9.97 Å². The number of aromatic nitrogens is 2. The maximum atomic E-state index is 15.3. The molecule has 0 aliphatic carbocycles. The number of pyridine rings is 2. The number of nitrogens with two attached hydrogens (primary N) is 1. The van der Waals surface area contributed by atoms with E-state index in [4.69, 9.17) is 10.5 Å². The van der Waals surface area contributed by atoms with Gasteiger partial charge in [-0.3, -0.25) is 9.78 Å². The first-order valence-corrected chi connectivity index (χ1v) is 11.0. The predicted octanol–water partition coefficient (Wildman–Crippen LogP) is 5.76. The van der Waals surface area contributed by atoms with Crippen LogP contribution in [-0.2, 0) is 6.67 Å². The van der Waals surface area contributed by atoms with Gasteiger partial charge in [0.25, 0.3) is 5.56 Å². The Bertz CT molecular complexity index is 1350. The number of fused-ring (bicyclic) bond motifs is 3. The van der Waals surface area contributed by atoms with Crippen LogP contribution in [-0.4, -0.2) is 23.6 Å². The lowest BCUT2D eigenvalue weighted by Crippen LogP contribution is -2.12. The lowest BCUT2D eigenvalue weighted by atomic mass is 9.92. The molecule has 3 N–H and O–H groups in total. The zero-order valence-electron chi connectivity index (χ0n) is 19.6. The van der Waals surface area contributed by atoms with Crippen LogP contribution in [0.4, 0.5) is 8.78 Å². The Morgan fingerprint density at radius 2 is 1.82 bits per heavy atom. The van der Waals surface area contributed by atoms with Gasteiger partial charge >= 0.3 is 0 Å². The highest BCUT2D eigenvalue weighted by atomic mass is 19.1. The van der Waals surface area contributed by atoms with Gasteiger partial charge in [0.1, 0.15) is 6.67 Å². The summed E-state index contributed by atoms with van der Waals surface area (Å²) in [5.74, 6) is -0.758. The largest absolute Gasteiger partial charge is 0.493 e.